The Balaban J connectivity index is 1.96. The van der Waals surface area contributed by atoms with Crippen LogP contribution in [-0.2, 0) is 13.0 Å². The lowest BCUT2D eigenvalue weighted by molar-refractivity contribution is 0.281. The van der Waals surface area contributed by atoms with Gasteiger partial charge in [-0.25, -0.2) is 0 Å². The smallest absolute Gasteiger partial charge is 0.0684 e. The third kappa shape index (κ3) is 2.17. The van der Waals surface area contributed by atoms with Crippen molar-refractivity contribution in [3.63, 3.8) is 0 Å². The second kappa shape index (κ2) is 4.92. The summed E-state index contributed by atoms with van der Waals surface area (Å²) in [5, 5.41) is 10.6. The van der Waals surface area contributed by atoms with Crippen LogP contribution in [0, 0.1) is 0 Å². The number of aliphatic hydroxyl groups excluding tert-OH is 1. The van der Waals surface area contributed by atoms with Gasteiger partial charge in [0.1, 0.15) is 0 Å². The number of hydrogen-bond donors (Lipinski definition) is 1. The van der Waals surface area contributed by atoms with Gasteiger partial charge in [0.15, 0.2) is 0 Å². The first kappa shape index (κ1) is 11.5. The normalized spacial score (nSPS) is 10.9. The summed E-state index contributed by atoms with van der Waals surface area (Å²) in [6.07, 6.45) is 0.899. The maximum Gasteiger partial charge on any atom is 0.0684 e. The van der Waals surface area contributed by atoms with Gasteiger partial charge in [-0.15, -0.1) is 11.3 Å². The minimum absolute atomic E-state index is 0.112. The third-order valence-electron chi connectivity index (χ3n) is 3.13. The topological polar surface area (TPSA) is 20.2 Å². The van der Waals surface area contributed by atoms with Crippen LogP contribution in [0.25, 0.3) is 10.1 Å². The van der Waals surface area contributed by atoms with Crippen molar-refractivity contribution in [3.8, 4) is 0 Å². The van der Waals surface area contributed by atoms with Crippen molar-refractivity contribution in [1.29, 1.82) is 0 Å². The van der Waals surface area contributed by atoms with E-state index in [2.05, 4.69) is 36.4 Å². The van der Waals surface area contributed by atoms with Crippen LogP contribution in [0.1, 0.15) is 16.0 Å². The van der Waals surface area contributed by atoms with Crippen molar-refractivity contribution in [1.82, 2.24) is 0 Å². The molecule has 90 valence electrons. The van der Waals surface area contributed by atoms with Gasteiger partial charge in [0.25, 0.3) is 0 Å². The Kier molecular flexibility index (Phi) is 3.13. The van der Waals surface area contributed by atoms with Crippen LogP contribution < -0.4 is 0 Å². The van der Waals surface area contributed by atoms with Crippen molar-refractivity contribution in [3.05, 3.63) is 70.6 Å². The molecule has 18 heavy (non-hydrogen) atoms. The predicted octanol–water partition coefficient (Wildman–Crippen LogP) is 3.98. The summed E-state index contributed by atoms with van der Waals surface area (Å²) >= 11 is 1.83. The Morgan fingerprint density at radius 2 is 1.61 bits per heavy atom. The SMILES string of the molecule is OCc1ccccc1Cc1cc2ccccc2s1. The summed E-state index contributed by atoms with van der Waals surface area (Å²) in [5.41, 5.74) is 2.24. The molecule has 1 aromatic heterocycles. The van der Waals surface area contributed by atoms with E-state index in [9.17, 15) is 5.11 Å². The Morgan fingerprint density at radius 1 is 0.889 bits per heavy atom. The van der Waals surface area contributed by atoms with Gasteiger partial charge in [-0.2, -0.15) is 0 Å². The molecular formula is C16H14OS. The molecule has 1 N–H and O–H groups in total. The Bertz CT molecular complexity index is 636. The summed E-state index contributed by atoms with van der Waals surface area (Å²) in [4.78, 5) is 1.34. The zero-order valence-corrected chi connectivity index (χ0v) is 10.8. The lowest BCUT2D eigenvalue weighted by Crippen LogP contribution is -1.93. The van der Waals surface area contributed by atoms with E-state index >= 15 is 0 Å². The van der Waals surface area contributed by atoms with E-state index in [0.29, 0.717) is 0 Å². The molecule has 0 aliphatic heterocycles. The zero-order chi connectivity index (χ0) is 12.4. The number of hydrogen-bond acceptors (Lipinski definition) is 2. The first-order chi connectivity index (χ1) is 8.86. The van der Waals surface area contributed by atoms with Crippen LogP contribution >= 0.6 is 11.3 Å². The van der Waals surface area contributed by atoms with Crippen LogP contribution in [-0.4, -0.2) is 5.11 Å². The number of rotatable bonds is 3. The summed E-state index contributed by atoms with van der Waals surface area (Å²) in [7, 11) is 0. The maximum absolute atomic E-state index is 9.34. The Labute approximate surface area is 110 Å². The van der Waals surface area contributed by atoms with E-state index < -0.39 is 0 Å². The van der Waals surface area contributed by atoms with E-state index in [-0.39, 0.29) is 6.61 Å². The molecular weight excluding hydrogens is 240 g/mol. The van der Waals surface area contributed by atoms with Gasteiger partial charge in [0.2, 0.25) is 0 Å². The summed E-state index contributed by atoms with van der Waals surface area (Å²) in [6.45, 7) is 0.112. The maximum atomic E-state index is 9.34. The molecule has 0 aliphatic carbocycles. The van der Waals surface area contributed by atoms with Gasteiger partial charge in [0, 0.05) is 16.0 Å². The Morgan fingerprint density at radius 3 is 2.39 bits per heavy atom. The van der Waals surface area contributed by atoms with Crippen molar-refractivity contribution in [2.75, 3.05) is 0 Å². The van der Waals surface area contributed by atoms with Crippen LogP contribution in [0.3, 0.4) is 0 Å². The molecule has 2 heteroatoms. The molecule has 3 rings (SSSR count). The van der Waals surface area contributed by atoms with Crippen molar-refractivity contribution in [2.45, 2.75) is 13.0 Å². The molecule has 0 fully saturated rings. The van der Waals surface area contributed by atoms with Crippen LogP contribution in [0.15, 0.2) is 54.6 Å². The van der Waals surface area contributed by atoms with E-state index in [1.807, 2.05) is 29.5 Å². The van der Waals surface area contributed by atoms with Gasteiger partial charge in [0.05, 0.1) is 6.61 Å². The van der Waals surface area contributed by atoms with Gasteiger partial charge in [-0.3, -0.25) is 0 Å². The molecule has 0 amide bonds. The first-order valence-corrected chi connectivity index (χ1v) is 6.83. The van der Waals surface area contributed by atoms with Gasteiger partial charge in [-0.05, 0) is 28.6 Å². The minimum Gasteiger partial charge on any atom is -0.392 e. The van der Waals surface area contributed by atoms with E-state index in [1.54, 1.807) is 0 Å². The minimum atomic E-state index is 0.112. The highest BCUT2D eigenvalue weighted by molar-refractivity contribution is 7.19. The van der Waals surface area contributed by atoms with E-state index in [4.69, 9.17) is 0 Å². The van der Waals surface area contributed by atoms with Crippen LogP contribution in [0.5, 0.6) is 0 Å². The van der Waals surface area contributed by atoms with Crippen LogP contribution in [0.4, 0.5) is 0 Å². The van der Waals surface area contributed by atoms with Crippen molar-refractivity contribution < 1.29 is 5.11 Å². The lowest BCUT2D eigenvalue weighted by Gasteiger charge is -2.04. The Hall–Kier alpha value is -1.64. The molecule has 0 spiro atoms. The van der Waals surface area contributed by atoms with Gasteiger partial charge >= 0.3 is 0 Å². The second-order valence-electron chi connectivity index (χ2n) is 4.35. The number of aliphatic hydroxyl groups is 1. The highest BCUT2D eigenvalue weighted by Crippen LogP contribution is 2.27. The molecule has 0 saturated heterocycles. The zero-order valence-electron chi connectivity index (χ0n) is 9.97. The highest BCUT2D eigenvalue weighted by Gasteiger charge is 2.05. The molecule has 0 unspecified atom stereocenters. The molecule has 0 bridgehead atoms. The second-order valence-corrected chi connectivity index (χ2v) is 5.52. The summed E-state index contributed by atoms with van der Waals surface area (Å²) < 4.78 is 1.33. The highest BCUT2D eigenvalue weighted by atomic mass is 32.1. The largest absolute Gasteiger partial charge is 0.392 e. The fraction of sp³-hybridized carbons (Fsp3) is 0.125. The summed E-state index contributed by atoms with van der Waals surface area (Å²) in [6, 6.07) is 18.8. The standard InChI is InChI=1S/C16H14OS/c17-11-14-7-2-1-5-12(14)9-15-10-13-6-3-4-8-16(13)18-15/h1-8,10,17H,9,11H2. The summed E-state index contributed by atoms with van der Waals surface area (Å²) in [5.74, 6) is 0. The lowest BCUT2D eigenvalue weighted by atomic mass is 10.0. The van der Waals surface area contributed by atoms with E-state index in [0.717, 1.165) is 12.0 Å². The molecule has 1 heterocycles. The number of thiophene rings is 1. The fourth-order valence-electron chi connectivity index (χ4n) is 2.20. The number of benzene rings is 2. The molecule has 3 aromatic rings. The molecule has 0 radical (unpaired) electrons. The van der Waals surface area contributed by atoms with Gasteiger partial charge < -0.3 is 5.11 Å². The van der Waals surface area contributed by atoms with Crippen molar-refractivity contribution >= 4 is 21.4 Å². The average Bonchev–Trinajstić information content (AvgIpc) is 2.81. The van der Waals surface area contributed by atoms with E-state index in [1.165, 1.54) is 20.5 Å². The average molecular weight is 254 g/mol. The number of fused-ring (bicyclic) bond motifs is 1. The van der Waals surface area contributed by atoms with Gasteiger partial charge in [-0.1, -0.05) is 42.5 Å². The third-order valence-corrected chi connectivity index (χ3v) is 4.25. The monoisotopic (exact) mass is 254 g/mol. The molecule has 2 aromatic carbocycles. The molecule has 0 atom stereocenters. The van der Waals surface area contributed by atoms with Crippen LogP contribution in [0.2, 0.25) is 0 Å². The molecule has 0 saturated carbocycles. The predicted molar refractivity (Wildman–Crippen MR) is 77.0 cm³/mol. The first-order valence-electron chi connectivity index (χ1n) is 6.02. The molecule has 0 aliphatic rings. The molecule has 1 nitrogen and oxygen atoms in total. The van der Waals surface area contributed by atoms with Crippen molar-refractivity contribution in [2.24, 2.45) is 0 Å². The quantitative estimate of drug-likeness (QED) is 0.749. The fourth-order valence-corrected chi connectivity index (χ4v) is 3.28.